The van der Waals surface area contributed by atoms with Crippen molar-refractivity contribution in [3.8, 4) is 0 Å². The van der Waals surface area contributed by atoms with Crippen LogP contribution in [0.15, 0.2) is 53.4 Å². The maximum Gasteiger partial charge on any atom is 0.237 e. The molecule has 3 aromatic rings. The molecule has 3 heterocycles. The van der Waals surface area contributed by atoms with Crippen molar-refractivity contribution in [2.24, 2.45) is 0 Å². The van der Waals surface area contributed by atoms with Gasteiger partial charge in [-0.15, -0.1) is 23.1 Å². The maximum atomic E-state index is 13.1. The number of thiazole rings is 1. The predicted molar refractivity (Wildman–Crippen MR) is 117 cm³/mol. The van der Waals surface area contributed by atoms with Crippen LogP contribution >= 0.6 is 23.1 Å². The first-order valence-corrected chi connectivity index (χ1v) is 11.7. The first kappa shape index (κ1) is 18.6. The summed E-state index contributed by atoms with van der Waals surface area (Å²) >= 11 is 3.25. The van der Waals surface area contributed by atoms with Crippen LogP contribution in [0.25, 0.3) is 10.2 Å². The van der Waals surface area contributed by atoms with Gasteiger partial charge in [-0.3, -0.25) is 9.59 Å². The fourth-order valence-corrected chi connectivity index (χ4v) is 6.16. The lowest BCUT2D eigenvalue weighted by Crippen LogP contribution is -2.39. The molecule has 0 radical (unpaired) electrons. The highest BCUT2D eigenvalue weighted by Crippen LogP contribution is 2.38. The Labute approximate surface area is 177 Å². The Morgan fingerprint density at radius 1 is 1.14 bits per heavy atom. The van der Waals surface area contributed by atoms with Crippen LogP contribution in [0, 0.1) is 0 Å². The molecule has 0 aliphatic carbocycles. The summed E-state index contributed by atoms with van der Waals surface area (Å²) in [4.78, 5) is 35.1. The molecule has 0 N–H and O–H groups in total. The van der Waals surface area contributed by atoms with Crippen LogP contribution in [0.5, 0.6) is 0 Å². The molecule has 1 aromatic heterocycles. The second-order valence-electron chi connectivity index (χ2n) is 7.32. The first-order chi connectivity index (χ1) is 14.2. The van der Waals surface area contributed by atoms with Gasteiger partial charge in [-0.2, -0.15) is 0 Å². The topological polar surface area (TPSA) is 53.5 Å². The van der Waals surface area contributed by atoms with Crippen LogP contribution in [-0.4, -0.2) is 40.5 Å². The number of nitrogens with zero attached hydrogens (tertiary/aromatic N) is 3. The van der Waals surface area contributed by atoms with E-state index in [2.05, 4.69) is 6.07 Å². The van der Waals surface area contributed by atoms with Gasteiger partial charge >= 0.3 is 0 Å². The predicted octanol–water partition coefficient (Wildman–Crippen LogP) is 4.49. The summed E-state index contributed by atoms with van der Waals surface area (Å²) in [5.41, 5.74) is 1.92. The molecule has 1 fully saturated rings. The number of fused-ring (bicyclic) bond motifs is 2. The van der Waals surface area contributed by atoms with Gasteiger partial charge in [0, 0.05) is 24.4 Å². The number of benzene rings is 2. The Morgan fingerprint density at radius 2 is 1.97 bits per heavy atom. The largest absolute Gasteiger partial charge is 0.333 e. The summed E-state index contributed by atoms with van der Waals surface area (Å²) in [7, 11) is 0. The van der Waals surface area contributed by atoms with Crippen molar-refractivity contribution in [2.45, 2.75) is 30.2 Å². The van der Waals surface area contributed by atoms with Crippen LogP contribution in [-0.2, 0) is 9.59 Å². The van der Waals surface area contributed by atoms with Crippen molar-refractivity contribution in [3.63, 3.8) is 0 Å². The van der Waals surface area contributed by atoms with E-state index in [1.807, 2.05) is 47.4 Å². The second kappa shape index (κ2) is 7.80. The number of anilines is 1. The van der Waals surface area contributed by atoms with Gasteiger partial charge in [0.15, 0.2) is 0 Å². The normalized spacial score (nSPS) is 19.0. The van der Waals surface area contributed by atoms with E-state index in [1.165, 1.54) is 0 Å². The smallest absolute Gasteiger partial charge is 0.237 e. The van der Waals surface area contributed by atoms with Crippen molar-refractivity contribution >= 4 is 50.8 Å². The second-order valence-corrected chi connectivity index (χ2v) is 9.40. The van der Waals surface area contributed by atoms with Gasteiger partial charge in [0.05, 0.1) is 27.7 Å². The molecule has 2 aliphatic rings. The van der Waals surface area contributed by atoms with Crippen LogP contribution < -0.4 is 4.90 Å². The van der Waals surface area contributed by atoms with Crippen molar-refractivity contribution in [1.29, 1.82) is 0 Å². The van der Waals surface area contributed by atoms with Gasteiger partial charge < -0.3 is 9.80 Å². The van der Waals surface area contributed by atoms with Gasteiger partial charge in [0.2, 0.25) is 11.8 Å². The zero-order chi connectivity index (χ0) is 19.8. The van der Waals surface area contributed by atoms with Gasteiger partial charge in [0.1, 0.15) is 5.01 Å². The van der Waals surface area contributed by atoms with Gasteiger partial charge in [-0.25, -0.2) is 4.98 Å². The number of thioether (sulfide) groups is 1. The summed E-state index contributed by atoms with van der Waals surface area (Å²) in [5.74, 6) is 0.615. The van der Waals surface area contributed by atoms with E-state index in [-0.39, 0.29) is 17.9 Å². The lowest BCUT2D eigenvalue weighted by molar-refractivity contribution is -0.132. The summed E-state index contributed by atoms with van der Waals surface area (Å²) in [5, 5.41) is 1.02. The molecule has 0 spiro atoms. The molecule has 148 valence electrons. The van der Waals surface area contributed by atoms with Crippen LogP contribution in [0.2, 0.25) is 0 Å². The SMILES string of the molecule is O=C1CSc2ccccc2N1CCC(=O)N1CCCC1c1nc2ccccc2s1. The van der Waals surface area contributed by atoms with Crippen molar-refractivity contribution in [2.75, 3.05) is 23.7 Å². The van der Waals surface area contributed by atoms with E-state index in [1.54, 1.807) is 28.0 Å². The monoisotopic (exact) mass is 423 g/mol. The number of amides is 2. The molecular weight excluding hydrogens is 402 g/mol. The van der Waals surface area contributed by atoms with Crippen molar-refractivity contribution < 1.29 is 9.59 Å². The minimum absolute atomic E-state index is 0.0554. The van der Waals surface area contributed by atoms with E-state index in [0.717, 1.165) is 45.2 Å². The summed E-state index contributed by atoms with van der Waals surface area (Å²) in [6, 6.07) is 16.1. The third-order valence-corrected chi connectivity index (χ3v) is 7.71. The van der Waals surface area contributed by atoms with Crippen molar-refractivity contribution in [3.05, 3.63) is 53.5 Å². The zero-order valence-electron chi connectivity index (χ0n) is 15.9. The number of aromatic nitrogens is 1. The van der Waals surface area contributed by atoms with Crippen LogP contribution in [0.4, 0.5) is 5.69 Å². The molecule has 0 bridgehead atoms. The highest BCUT2D eigenvalue weighted by atomic mass is 32.2. The Bertz CT molecular complexity index is 1050. The highest BCUT2D eigenvalue weighted by molar-refractivity contribution is 8.00. The number of para-hydroxylation sites is 2. The van der Waals surface area contributed by atoms with E-state index < -0.39 is 0 Å². The number of hydrogen-bond acceptors (Lipinski definition) is 5. The number of likely N-dealkylation sites (tertiary alicyclic amines) is 1. The molecule has 1 unspecified atom stereocenters. The third kappa shape index (κ3) is 3.53. The molecular formula is C22H21N3O2S2. The Morgan fingerprint density at radius 3 is 2.86 bits per heavy atom. The lowest BCUT2D eigenvalue weighted by Gasteiger charge is -2.30. The molecule has 1 saturated heterocycles. The molecule has 7 heteroatoms. The fraction of sp³-hybridized carbons (Fsp3) is 0.318. The molecule has 2 aliphatic heterocycles. The van der Waals surface area contributed by atoms with Gasteiger partial charge in [-0.1, -0.05) is 24.3 Å². The van der Waals surface area contributed by atoms with E-state index >= 15 is 0 Å². The van der Waals surface area contributed by atoms with E-state index in [4.69, 9.17) is 4.98 Å². The van der Waals surface area contributed by atoms with Gasteiger partial charge in [0.25, 0.3) is 0 Å². The van der Waals surface area contributed by atoms with Crippen LogP contribution in [0.3, 0.4) is 0 Å². The Kier molecular flexibility index (Phi) is 5.01. The average molecular weight is 424 g/mol. The maximum absolute atomic E-state index is 13.1. The van der Waals surface area contributed by atoms with E-state index in [0.29, 0.717) is 18.7 Å². The number of carbonyl (C=O) groups excluding carboxylic acids is 2. The molecule has 1 atom stereocenters. The first-order valence-electron chi connectivity index (χ1n) is 9.88. The minimum atomic E-state index is 0.0554. The quantitative estimate of drug-likeness (QED) is 0.620. The Hall–Kier alpha value is -2.38. The lowest BCUT2D eigenvalue weighted by atomic mass is 10.2. The summed E-state index contributed by atoms with van der Waals surface area (Å²) in [6.07, 6.45) is 2.29. The number of hydrogen-bond donors (Lipinski definition) is 0. The van der Waals surface area contributed by atoms with Crippen molar-refractivity contribution in [1.82, 2.24) is 9.88 Å². The molecule has 5 nitrogen and oxygen atoms in total. The van der Waals surface area contributed by atoms with Gasteiger partial charge in [-0.05, 0) is 37.1 Å². The zero-order valence-corrected chi connectivity index (χ0v) is 17.5. The van der Waals surface area contributed by atoms with E-state index in [9.17, 15) is 9.59 Å². The number of carbonyl (C=O) groups is 2. The summed E-state index contributed by atoms with van der Waals surface area (Å²) in [6.45, 7) is 1.19. The standard InChI is InChI=1S/C22H21N3O2S2/c26-20(11-13-25-16-7-2-4-10-19(16)28-14-21(25)27)24-12-5-8-17(24)22-23-15-6-1-3-9-18(15)29-22/h1-4,6-7,9-10,17H,5,8,11-14H2. The summed E-state index contributed by atoms with van der Waals surface area (Å²) < 4.78 is 1.16. The molecule has 2 aromatic carbocycles. The molecule has 5 rings (SSSR count). The average Bonchev–Trinajstić information content (AvgIpc) is 3.39. The fourth-order valence-electron chi connectivity index (χ4n) is 4.10. The minimum Gasteiger partial charge on any atom is -0.333 e. The number of rotatable bonds is 4. The Balaban J connectivity index is 1.31. The molecule has 29 heavy (non-hydrogen) atoms. The highest BCUT2D eigenvalue weighted by Gasteiger charge is 2.33. The molecule has 0 saturated carbocycles. The van der Waals surface area contributed by atoms with Crippen LogP contribution in [0.1, 0.15) is 30.3 Å². The third-order valence-electron chi connectivity index (χ3n) is 5.53. The molecule has 2 amide bonds.